The average Bonchev–Trinajstić information content (AvgIpc) is 3.32. The number of hydrazine groups is 1. The Bertz CT molecular complexity index is 1530. The number of carbonyl (C=O) groups excluding carboxylic acids is 3. The number of anilines is 4. The van der Waals surface area contributed by atoms with E-state index in [4.69, 9.17) is 5.73 Å². The van der Waals surface area contributed by atoms with Gasteiger partial charge in [0.2, 0.25) is 17.8 Å². The number of piperidine rings is 1. The average molecular weight is 633 g/mol. The van der Waals surface area contributed by atoms with Gasteiger partial charge in [0, 0.05) is 24.7 Å². The van der Waals surface area contributed by atoms with Gasteiger partial charge in [-0.1, -0.05) is 24.3 Å². The minimum absolute atomic E-state index is 0.0271. The summed E-state index contributed by atoms with van der Waals surface area (Å²) in [4.78, 5) is 57.5. The molecule has 3 aromatic rings. The Morgan fingerprint density at radius 2 is 1.81 bits per heavy atom. The number of para-hydroxylation sites is 1. The van der Waals surface area contributed by atoms with Crippen LogP contribution >= 0.6 is 15.9 Å². The quantitative estimate of drug-likeness (QED) is 0.281. The first-order valence-electron chi connectivity index (χ1n) is 14.1. The number of carbonyl (C=O) groups is 3. The third-order valence-electron chi connectivity index (χ3n) is 8.60. The van der Waals surface area contributed by atoms with Gasteiger partial charge < -0.3 is 20.7 Å². The fraction of sp³-hybridized carbons (Fsp3) is 0.379. The van der Waals surface area contributed by atoms with Gasteiger partial charge in [-0.05, 0) is 65.7 Å². The molecule has 7 rings (SSSR count). The first-order valence-corrected chi connectivity index (χ1v) is 14.9. The van der Waals surface area contributed by atoms with E-state index in [9.17, 15) is 14.4 Å². The van der Waals surface area contributed by atoms with Crippen molar-refractivity contribution < 1.29 is 14.4 Å². The van der Waals surface area contributed by atoms with Crippen LogP contribution in [0.4, 0.5) is 23.1 Å². The monoisotopic (exact) mass is 631 g/mol. The fourth-order valence-electron chi connectivity index (χ4n) is 6.69. The molecule has 1 aliphatic carbocycles. The maximum Gasteiger partial charge on any atom is 0.242 e. The number of halogens is 1. The van der Waals surface area contributed by atoms with E-state index < -0.39 is 24.2 Å². The second kappa shape index (κ2) is 10.7. The van der Waals surface area contributed by atoms with Gasteiger partial charge in [-0.15, -0.1) is 0 Å². The molecular weight excluding hydrogens is 602 g/mol. The van der Waals surface area contributed by atoms with E-state index in [0.717, 1.165) is 38.6 Å². The number of likely N-dealkylation sites (tertiary alicyclic amines) is 1. The Morgan fingerprint density at radius 1 is 1.05 bits per heavy atom. The Kier molecular flexibility index (Phi) is 6.87. The summed E-state index contributed by atoms with van der Waals surface area (Å²) in [7, 11) is 0. The van der Waals surface area contributed by atoms with Crippen molar-refractivity contribution in [2.45, 2.75) is 50.0 Å². The van der Waals surface area contributed by atoms with Crippen molar-refractivity contribution in [3.63, 3.8) is 0 Å². The molecule has 0 bridgehead atoms. The summed E-state index contributed by atoms with van der Waals surface area (Å²) in [6, 6.07) is 11.2. The molecule has 12 nitrogen and oxygen atoms in total. The molecule has 0 spiro atoms. The molecule has 1 aromatic carbocycles. The summed E-state index contributed by atoms with van der Waals surface area (Å²) in [6.07, 6.45) is 6.94. The molecule has 42 heavy (non-hydrogen) atoms. The highest BCUT2D eigenvalue weighted by molar-refractivity contribution is 9.10. The SMILES string of the molecule is NC(=O)C1c2ccccc2N(c2cnc(N3CCCC3)nc2)N1[C@H](C=O)N1C2C[C@@H]2C[C@H]1C(=O)Nc1cccc(Br)n1. The van der Waals surface area contributed by atoms with E-state index >= 15 is 0 Å². The van der Waals surface area contributed by atoms with Crippen LogP contribution in [0.15, 0.2) is 59.5 Å². The number of nitrogens with two attached hydrogens (primary N) is 1. The number of rotatable bonds is 8. The van der Waals surface area contributed by atoms with Crippen LogP contribution in [0.1, 0.15) is 37.3 Å². The Morgan fingerprint density at radius 3 is 2.52 bits per heavy atom. The zero-order chi connectivity index (χ0) is 29.0. The van der Waals surface area contributed by atoms with Gasteiger partial charge in [-0.3, -0.25) is 19.5 Å². The Balaban J connectivity index is 1.26. The van der Waals surface area contributed by atoms with Gasteiger partial charge in [0.1, 0.15) is 22.6 Å². The van der Waals surface area contributed by atoms with Gasteiger partial charge >= 0.3 is 0 Å². The third kappa shape index (κ3) is 4.61. The molecule has 3 N–H and O–H groups in total. The van der Waals surface area contributed by atoms with Crippen molar-refractivity contribution in [2.75, 3.05) is 28.3 Å². The maximum absolute atomic E-state index is 13.6. The summed E-state index contributed by atoms with van der Waals surface area (Å²) in [6.45, 7) is 1.82. The van der Waals surface area contributed by atoms with Crippen molar-refractivity contribution in [3.8, 4) is 0 Å². The van der Waals surface area contributed by atoms with Crippen molar-refractivity contribution >= 4 is 57.2 Å². The summed E-state index contributed by atoms with van der Waals surface area (Å²) in [5.41, 5.74) is 7.99. The van der Waals surface area contributed by atoms with E-state index in [1.165, 1.54) is 0 Å². The standard InChI is InChI=1S/C29H30BrN9O3/c30-23-8-5-9-24(34-23)35-28(42)22-13-17-12-21(17)37(22)25(16-40)39-26(27(31)41)19-6-1-2-7-20(19)38(39)18-14-32-29(33-15-18)36-10-3-4-11-36/h1-2,5-9,14-17,21-22,25-26H,3-4,10-13H2,(H2,31,41)(H,34,35,42)/t17-,21?,22+,25-,26?/m1/s1. The number of fused-ring (bicyclic) bond motifs is 2. The highest BCUT2D eigenvalue weighted by Gasteiger charge is 2.59. The van der Waals surface area contributed by atoms with E-state index in [0.29, 0.717) is 39.7 Å². The van der Waals surface area contributed by atoms with Gasteiger partial charge in [0.15, 0.2) is 6.29 Å². The van der Waals surface area contributed by atoms with Crippen LogP contribution in [0.3, 0.4) is 0 Å². The molecule has 2 saturated heterocycles. The molecule has 0 radical (unpaired) electrons. The van der Waals surface area contributed by atoms with E-state index in [2.05, 4.69) is 41.1 Å². The predicted octanol–water partition coefficient (Wildman–Crippen LogP) is 2.76. The zero-order valence-electron chi connectivity index (χ0n) is 22.7. The van der Waals surface area contributed by atoms with Crippen molar-refractivity contribution in [1.82, 2.24) is 24.9 Å². The Hall–Kier alpha value is -3.94. The highest BCUT2D eigenvalue weighted by atomic mass is 79.9. The molecule has 2 unspecified atom stereocenters. The van der Waals surface area contributed by atoms with Crippen LogP contribution in [-0.4, -0.2) is 74.3 Å². The van der Waals surface area contributed by atoms with Crippen LogP contribution in [0, 0.1) is 5.92 Å². The number of hydrogen-bond acceptors (Lipinski definition) is 10. The minimum Gasteiger partial charge on any atom is -0.368 e. The number of aldehydes is 1. The second-order valence-corrected chi connectivity index (χ2v) is 11.9. The molecule has 4 aliphatic rings. The number of pyridine rings is 1. The summed E-state index contributed by atoms with van der Waals surface area (Å²) >= 11 is 3.34. The van der Waals surface area contributed by atoms with Crippen LogP contribution in [-0.2, 0) is 14.4 Å². The second-order valence-electron chi connectivity index (χ2n) is 11.1. The smallest absolute Gasteiger partial charge is 0.242 e. The lowest BCUT2D eigenvalue weighted by Crippen LogP contribution is -2.60. The molecule has 1 saturated carbocycles. The Labute approximate surface area is 251 Å². The van der Waals surface area contributed by atoms with Crippen LogP contribution in [0.5, 0.6) is 0 Å². The van der Waals surface area contributed by atoms with Crippen molar-refractivity contribution in [3.05, 3.63) is 65.0 Å². The topological polar surface area (TPSA) is 141 Å². The summed E-state index contributed by atoms with van der Waals surface area (Å²) in [5.74, 6) is 0.492. The predicted molar refractivity (Wildman–Crippen MR) is 158 cm³/mol. The normalized spacial score (nSPS) is 25.6. The van der Waals surface area contributed by atoms with Crippen molar-refractivity contribution in [2.24, 2.45) is 11.7 Å². The largest absolute Gasteiger partial charge is 0.368 e. The van der Waals surface area contributed by atoms with Gasteiger partial charge in [0.05, 0.1) is 29.8 Å². The van der Waals surface area contributed by atoms with Crippen LogP contribution in [0.25, 0.3) is 0 Å². The molecule has 3 fully saturated rings. The lowest BCUT2D eigenvalue weighted by atomic mass is 10.1. The molecule has 5 heterocycles. The number of nitrogens with zero attached hydrogens (tertiary/aromatic N) is 7. The molecular formula is C29H30BrN9O3. The number of benzene rings is 1. The summed E-state index contributed by atoms with van der Waals surface area (Å²) < 4.78 is 0.602. The van der Waals surface area contributed by atoms with Crippen LogP contribution < -0.4 is 21.0 Å². The molecule has 5 atom stereocenters. The molecule has 3 aliphatic heterocycles. The maximum atomic E-state index is 13.6. The van der Waals surface area contributed by atoms with E-state index in [1.807, 2.05) is 29.2 Å². The number of hydrogen-bond donors (Lipinski definition) is 2. The molecule has 2 amide bonds. The van der Waals surface area contributed by atoms with Gasteiger partial charge in [-0.2, -0.15) is 5.01 Å². The zero-order valence-corrected chi connectivity index (χ0v) is 24.3. The lowest BCUT2D eigenvalue weighted by molar-refractivity contribution is -0.134. The van der Waals surface area contributed by atoms with Gasteiger partial charge in [0.25, 0.3) is 0 Å². The molecule has 2 aromatic heterocycles. The number of amides is 2. The first kappa shape index (κ1) is 26.9. The summed E-state index contributed by atoms with van der Waals surface area (Å²) in [5, 5.41) is 6.40. The molecule has 216 valence electrons. The number of primary amides is 1. The number of nitrogens with one attached hydrogen (secondary N) is 1. The van der Waals surface area contributed by atoms with E-state index in [-0.39, 0.29) is 17.9 Å². The van der Waals surface area contributed by atoms with Gasteiger partial charge in [-0.25, -0.2) is 15.0 Å². The highest BCUT2D eigenvalue weighted by Crippen LogP contribution is 2.52. The van der Waals surface area contributed by atoms with Crippen molar-refractivity contribution in [1.29, 1.82) is 0 Å². The minimum atomic E-state index is -0.961. The lowest BCUT2D eigenvalue weighted by Gasteiger charge is -2.42. The number of aromatic nitrogens is 3. The molecule has 13 heteroatoms. The fourth-order valence-corrected chi connectivity index (χ4v) is 7.04. The first-order chi connectivity index (χ1) is 20.4. The van der Waals surface area contributed by atoms with E-state index in [1.54, 1.807) is 40.6 Å². The third-order valence-corrected chi connectivity index (χ3v) is 9.05. The van der Waals surface area contributed by atoms with Crippen LogP contribution in [0.2, 0.25) is 0 Å².